The van der Waals surface area contributed by atoms with Crippen LogP contribution in [0.3, 0.4) is 0 Å². The van der Waals surface area contributed by atoms with Crippen LogP contribution in [0.5, 0.6) is 0 Å². The molecule has 53 heavy (non-hydrogen) atoms. The van der Waals surface area contributed by atoms with E-state index in [1.165, 1.54) is 0 Å². The van der Waals surface area contributed by atoms with Crippen LogP contribution in [0.15, 0.2) is 109 Å². The highest BCUT2D eigenvalue weighted by Gasteiger charge is 2.42. The summed E-state index contributed by atoms with van der Waals surface area (Å²) in [6.45, 7) is 4.57. The molecule has 2 fully saturated rings. The second kappa shape index (κ2) is 17.3. The van der Waals surface area contributed by atoms with Gasteiger partial charge >= 0.3 is 24.2 Å². The molecule has 0 aliphatic heterocycles. The lowest BCUT2D eigenvalue weighted by molar-refractivity contribution is -0.209. The van der Waals surface area contributed by atoms with Crippen molar-refractivity contribution in [2.75, 3.05) is 0 Å². The van der Waals surface area contributed by atoms with Gasteiger partial charge in [-0.1, -0.05) is 111 Å². The van der Waals surface area contributed by atoms with Crippen molar-refractivity contribution >= 4 is 24.2 Å². The summed E-state index contributed by atoms with van der Waals surface area (Å²) >= 11 is 0. The lowest BCUT2D eigenvalue weighted by Gasteiger charge is -2.46. The zero-order valence-electron chi connectivity index (χ0n) is 29.9. The summed E-state index contributed by atoms with van der Waals surface area (Å²) in [6, 6.07) is 32.7. The van der Waals surface area contributed by atoms with Crippen LogP contribution in [-0.2, 0) is 29.0 Å². The van der Waals surface area contributed by atoms with Crippen molar-refractivity contribution < 1.29 is 48.2 Å². The van der Waals surface area contributed by atoms with Crippen LogP contribution >= 0.6 is 0 Å². The minimum absolute atomic E-state index is 0.0142. The van der Waals surface area contributed by atoms with Crippen molar-refractivity contribution in [3.8, 4) is 22.3 Å². The topological polar surface area (TPSA) is 124 Å². The predicted octanol–water partition coefficient (Wildman–Crippen LogP) is 10.3. The van der Waals surface area contributed by atoms with Gasteiger partial charge in [0.05, 0.1) is 11.1 Å². The Balaban J connectivity index is 0.899. The maximum Gasteiger partial charge on any atom is 0.550 e. The minimum Gasteiger partial charge on any atom is -0.428 e. The first-order valence-corrected chi connectivity index (χ1v) is 18.2. The fourth-order valence-electron chi connectivity index (χ4n) is 7.79. The van der Waals surface area contributed by atoms with E-state index in [2.05, 4.69) is 13.8 Å². The number of rotatable bonds is 8. The molecule has 10 nitrogen and oxygen atoms in total. The summed E-state index contributed by atoms with van der Waals surface area (Å²) in [5, 5.41) is 0. The summed E-state index contributed by atoms with van der Waals surface area (Å²) in [4.78, 5) is 69.7. The summed E-state index contributed by atoms with van der Waals surface area (Å²) in [5.41, 5.74) is 3.57. The quantitative estimate of drug-likeness (QED) is 0.0987. The number of ether oxygens (including phenoxy) is 2. The van der Waals surface area contributed by atoms with Crippen LogP contribution < -0.4 is 0 Å². The standard InChI is InChI=1S/C43H44O10/c1-43(2,31-21-25-33(26-22-31)48-41(46)52-50-39(44)37-19-11-9-17-35(37)29-13-5-3-6-14-29)32-23-27-34(28-24-32)49-42(47)53-51-40(45)38-20-12-10-18-36(38)30-15-7-4-8-16-30/h3-20,31-34H,21-28H2,1-2H3. The molecule has 0 unspecified atom stereocenters. The summed E-state index contributed by atoms with van der Waals surface area (Å²) < 4.78 is 11.0. The van der Waals surface area contributed by atoms with Gasteiger partial charge in [0.25, 0.3) is 0 Å². The molecule has 2 saturated carbocycles. The second-order valence-corrected chi connectivity index (χ2v) is 14.2. The Bertz CT molecular complexity index is 1720. The van der Waals surface area contributed by atoms with E-state index in [0.717, 1.165) is 36.8 Å². The van der Waals surface area contributed by atoms with E-state index in [1.807, 2.05) is 72.8 Å². The third-order valence-corrected chi connectivity index (χ3v) is 10.8. The maximum atomic E-state index is 12.8. The lowest BCUT2D eigenvalue weighted by Crippen LogP contribution is -2.39. The van der Waals surface area contributed by atoms with Gasteiger partial charge in [0.2, 0.25) is 0 Å². The van der Waals surface area contributed by atoms with Gasteiger partial charge in [-0.2, -0.15) is 9.59 Å². The molecule has 4 aromatic carbocycles. The van der Waals surface area contributed by atoms with Crippen LogP contribution in [0.2, 0.25) is 0 Å². The van der Waals surface area contributed by atoms with Crippen LogP contribution in [0.4, 0.5) is 9.59 Å². The molecular formula is C43H44O10. The Morgan fingerprint density at radius 3 is 1.17 bits per heavy atom. The van der Waals surface area contributed by atoms with E-state index in [1.54, 1.807) is 36.4 Å². The van der Waals surface area contributed by atoms with E-state index >= 15 is 0 Å². The molecule has 0 N–H and O–H groups in total. The van der Waals surface area contributed by atoms with Crippen LogP contribution in [0.25, 0.3) is 22.3 Å². The molecule has 2 aliphatic rings. The summed E-state index contributed by atoms with van der Waals surface area (Å²) in [7, 11) is 0. The highest BCUT2D eigenvalue weighted by molar-refractivity contribution is 5.98. The molecule has 0 spiro atoms. The zero-order chi connectivity index (χ0) is 37.2. The van der Waals surface area contributed by atoms with E-state index in [9.17, 15) is 19.2 Å². The fraction of sp³-hybridized carbons (Fsp3) is 0.349. The smallest absolute Gasteiger partial charge is 0.428 e. The van der Waals surface area contributed by atoms with Crippen LogP contribution in [-0.4, -0.2) is 36.5 Å². The average molecular weight is 721 g/mol. The summed E-state index contributed by atoms with van der Waals surface area (Å²) in [6.07, 6.45) is 3.44. The van der Waals surface area contributed by atoms with Gasteiger partial charge in [-0.3, -0.25) is 0 Å². The van der Waals surface area contributed by atoms with Crippen molar-refractivity contribution in [1.29, 1.82) is 0 Å². The molecule has 0 aromatic heterocycles. The molecule has 2 aliphatic carbocycles. The largest absolute Gasteiger partial charge is 0.550 e. The number of carbonyl (C=O) groups is 4. The van der Waals surface area contributed by atoms with E-state index in [0.29, 0.717) is 48.6 Å². The molecule has 276 valence electrons. The van der Waals surface area contributed by atoms with Gasteiger partial charge in [-0.15, -0.1) is 0 Å². The minimum atomic E-state index is -1.04. The van der Waals surface area contributed by atoms with Gasteiger partial charge in [0.15, 0.2) is 0 Å². The first-order chi connectivity index (χ1) is 25.7. The fourth-order valence-corrected chi connectivity index (χ4v) is 7.79. The van der Waals surface area contributed by atoms with E-state index in [4.69, 9.17) is 29.0 Å². The molecule has 6 rings (SSSR count). The van der Waals surface area contributed by atoms with Crippen LogP contribution in [0.1, 0.15) is 85.9 Å². The third-order valence-electron chi connectivity index (χ3n) is 10.8. The first-order valence-electron chi connectivity index (χ1n) is 18.2. The van der Waals surface area contributed by atoms with Crippen molar-refractivity contribution in [2.24, 2.45) is 17.3 Å². The molecule has 4 aromatic rings. The van der Waals surface area contributed by atoms with Gasteiger partial charge in [-0.25, -0.2) is 29.1 Å². The maximum absolute atomic E-state index is 12.8. The number of hydrogen-bond donors (Lipinski definition) is 0. The highest BCUT2D eigenvalue weighted by atomic mass is 17.2. The zero-order valence-corrected chi connectivity index (χ0v) is 29.9. The first kappa shape index (κ1) is 37.1. The molecule has 0 heterocycles. The Morgan fingerprint density at radius 2 is 0.792 bits per heavy atom. The molecule has 10 heteroatoms. The second-order valence-electron chi connectivity index (χ2n) is 14.2. The van der Waals surface area contributed by atoms with E-state index in [-0.39, 0.29) is 28.7 Å². The van der Waals surface area contributed by atoms with Gasteiger partial charge in [0.1, 0.15) is 12.2 Å². The Kier molecular flexibility index (Phi) is 12.1. The number of benzene rings is 4. The van der Waals surface area contributed by atoms with Gasteiger partial charge in [-0.05, 0) is 103 Å². The van der Waals surface area contributed by atoms with Crippen LogP contribution in [0, 0.1) is 17.3 Å². The molecule has 0 amide bonds. The third kappa shape index (κ3) is 9.43. The lowest BCUT2D eigenvalue weighted by atomic mass is 9.60. The molecule has 0 saturated heterocycles. The molecule has 0 atom stereocenters. The average Bonchev–Trinajstić information content (AvgIpc) is 3.20. The molecule has 0 bridgehead atoms. The number of carbonyl (C=O) groups excluding carboxylic acids is 4. The molecular weight excluding hydrogens is 676 g/mol. The van der Waals surface area contributed by atoms with Crippen molar-refractivity contribution in [3.05, 3.63) is 120 Å². The predicted molar refractivity (Wildman–Crippen MR) is 195 cm³/mol. The highest BCUT2D eigenvalue weighted by Crippen LogP contribution is 2.49. The Labute approximate surface area is 309 Å². The summed E-state index contributed by atoms with van der Waals surface area (Å²) in [5.74, 6) is -0.742. The van der Waals surface area contributed by atoms with E-state index < -0.39 is 24.2 Å². The number of hydrogen-bond acceptors (Lipinski definition) is 10. The SMILES string of the molecule is CC(C)(C1CCC(OC(=O)OOC(=O)c2ccccc2-c2ccccc2)CC1)C1CCC(OC(=O)OOC(=O)c2ccccc2-c2ccccc2)CC1. The Morgan fingerprint density at radius 1 is 0.453 bits per heavy atom. The van der Waals surface area contributed by atoms with Gasteiger partial charge < -0.3 is 9.47 Å². The van der Waals surface area contributed by atoms with Gasteiger partial charge in [0, 0.05) is 0 Å². The Hall–Kier alpha value is -5.64. The normalized spacial score (nSPS) is 20.0. The molecule has 0 radical (unpaired) electrons. The van der Waals surface area contributed by atoms with Crippen molar-refractivity contribution in [2.45, 2.75) is 77.4 Å². The van der Waals surface area contributed by atoms with Crippen molar-refractivity contribution in [3.63, 3.8) is 0 Å². The van der Waals surface area contributed by atoms with Crippen molar-refractivity contribution in [1.82, 2.24) is 0 Å². The monoisotopic (exact) mass is 720 g/mol.